The highest BCUT2D eigenvalue weighted by Crippen LogP contribution is 2.20. The number of aliphatic hydroxyl groups excluding tert-OH is 1. The summed E-state index contributed by atoms with van der Waals surface area (Å²) in [6.07, 6.45) is -7.33. The van der Waals surface area contributed by atoms with E-state index in [1.807, 2.05) is 5.32 Å². The standard InChI is InChI=1S/C12H14F3NO3/c1-7-3-4-8(5-9(7)19-2)11(18)16-6-10(17)12(13,14)15/h3-5,10,17H,6H2,1-2H3,(H,16,18). The minimum atomic E-state index is -4.75. The van der Waals surface area contributed by atoms with Crippen LogP contribution < -0.4 is 10.1 Å². The zero-order valence-corrected chi connectivity index (χ0v) is 10.4. The molecule has 0 spiro atoms. The van der Waals surface area contributed by atoms with Crippen LogP contribution in [0.4, 0.5) is 13.2 Å². The van der Waals surface area contributed by atoms with Gasteiger partial charge in [-0.2, -0.15) is 13.2 Å². The van der Waals surface area contributed by atoms with E-state index in [2.05, 4.69) is 0 Å². The van der Waals surface area contributed by atoms with Crippen LogP contribution in [0.5, 0.6) is 5.75 Å². The Hall–Kier alpha value is -1.76. The first-order valence-corrected chi connectivity index (χ1v) is 5.43. The second-order valence-corrected chi connectivity index (χ2v) is 3.95. The van der Waals surface area contributed by atoms with Crippen molar-refractivity contribution >= 4 is 5.91 Å². The van der Waals surface area contributed by atoms with Crippen molar-refractivity contribution in [1.82, 2.24) is 5.32 Å². The molecule has 1 aromatic carbocycles. The van der Waals surface area contributed by atoms with Crippen LogP contribution in [-0.4, -0.2) is 36.9 Å². The Labute approximate surface area is 108 Å². The zero-order valence-electron chi connectivity index (χ0n) is 10.4. The normalized spacial score (nSPS) is 12.9. The molecule has 0 aliphatic heterocycles. The lowest BCUT2D eigenvalue weighted by atomic mass is 10.1. The summed E-state index contributed by atoms with van der Waals surface area (Å²) in [6, 6.07) is 4.51. The van der Waals surface area contributed by atoms with Gasteiger partial charge >= 0.3 is 6.18 Å². The van der Waals surface area contributed by atoms with Crippen LogP contribution in [0.3, 0.4) is 0 Å². The van der Waals surface area contributed by atoms with Gasteiger partial charge in [0.15, 0.2) is 6.10 Å². The van der Waals surface area contributed by atoms with Crippen molar-refractivity contribution in [3.8, 4) is 5.75 Å². The van der Waals surface area contributed by atoms with Crippen molar-refractivity contribution in [3.05, 3.63) is 29.3 Å². The maximum absolute atomic E-state index is 12.1. The number of benzene rings is 1. The molecule has 1 atom stereocenters. The number of nitrogens with one attached hydrogen (secondary N) is 1. The Morgan fingerprint density at radius 1 is 1.47 bits per heavy atom. The summed E-state index contributed by atoms with van der Waals surface area (Å²) in [5, 5.41) is 10.8. The second-order valence-electron chi connectivity index (χ2n) is 3.95. The molecule has 19 heavy (non-hydrogen) atoms. The van der Waals surface area contributed by atoms with Crippen LogP contribution in [0.2, 0.25) is 0 Å². The number of rotatable bonds is 4. The molecule has 0 aliphatic rings. The second kappa shape index (κ2) is 5.92. The Morgan fingerprint density at radius 3 is 2.63 bits per heavy atom. The molecule has 1 amide bonds. The minimum absolute atomic E-state index is 0.164. The SMILES string of the molecule is COc1cc(C(=O)NCC(O)C(F)(F)F)ccc1C. The average Bonchev–Trinajstić information content (AvgIpc) is 2.34. The predicted octanol–water partition coefficient (Wildman–Crippen LogP) is 1.66. The molecule has 0 heterocycles. The number of aryl methyl sites for hydroxylation is 1. The lowest BCUT2D eigenvalue weighted by Crippen LogP contribution is -2.40. The molecule has 7 heteroatoms. The first-order valence-electron chi connectivity index (χ1n) is 5.43. The van der Waals surface area contributed by atoms with E-state index in [9.17, 15) is 18.0 Å². The highest BCUT2D eigenvalue weighted by molar-refractivity contribution is 5.94. The molecular formula is C12H14F3NO3. The Balaban J connectivity index is 2.69. The van der Waals surface area contributed by atoms with Crippen molar-refractivity contribution in [3.63, 3.8) is 0 Å². The molecule has 0 saturated carbocycles. The van der Waals surface area contributed by atoms with Crippen LogP contribution in [0.25, 0.3) is 0 Å². The summed E-state index contributed by atoms with van der Waals surface area (Å²) in [6.45, 7) is 0.881. The number of halogens is 3. The average molecular weight is 277 g/mol. The van der Waals surface area contributed by atoms with E-state index < -0.39 is 24.7 Å². The van der Waals surface area contributed by atoms with Crippen LogP contribution in [0.15, 0.2) is 18.2 Å². The lowest BCUT2D eigenvalue weighted by molar-refractivity contribution is -0.201. The Kier molecular flexibility index (Phi) is 4.77. The van der Waals surface area contributed by atoms with Crippen LogP contribution in [0.1, 0.15) is 15.9 Å². The number of carbonyl (C=O) groups excluding carboxylic acids is 1. The smallest absolute Gasteiger partial charge is 0.416 e. The molecule has 0 bridgehead atoms. The maximum Gasteiger partial charge on any atom is 0.416 e. The van der Waals surface area contributed by atoms with Crippen molar-refractivity contribution in [2.45, 2.75) is 19.2 Å². The highest BCUT2D eigenvalue weighted by atomic mass is 19.4. The van der Waals surface area contributed by atoms with Gasteiger partial charge in [0.25, 0.3) is 5.91 Å². The summed E-state index contributed by atoms with van der Waals surface area (Å²) < 4.78 is 41.2. The number of aliphatic hydroxyl groups is 1. The summed E-state index contributed by atoms with van der Waals surface area (Å²) in [4.78, 5) is 11.6. The van der Waals surface area contributed by atoms with E-state index in [0.717, 1.165) is 5.56 Å². The van der Waals surface area contributed by atoms with E-state index in [1.54, 1.807) is 13.0 Å². The van der Waals surface area contributed by atoms with Gasteiger partial charge < -0.3 is 15.2 Å². The fourth-order valence-electron chi connectivity index (χ4n) is 1.37. The van der Waals surface area contributed by atoms with Gasteiger partial charge in [-0.25, -0.2) is 0 Å². The van der Waals surface area contributed by atoms with Crippen LogP contribution in [0, 0.1) is 6.92 Å². The quantitative estimate of drug-likeness (QED) is 0.880. The highest BCUT2D eigenvalue weighted by Gasteiger charge is 2.38. The van der Waals surface area contributed by atoms with Crippen molar-refractivity contribution in [2.75, 3.05) is 13.7 Å². The molecule has 0 saturated heterocycles. The number of alkyl halides is 3. The molecule has 4 nitrogen and oxygen atoms in total. The molecular weight excluding hydrogens is 263 g/mol. The lowest BCUT2D eigenvalue weighted by Gasteiger charge is -2.15. The number of ether oxygens (including phenoxy) is 1. The Morgan fingerprint density at radius 2 is 2.11 bits per heavy atom. The molecule has 0 aromatic heterocycles. The first-order chi connectivity index (χ1) is 8.75. The predicted molar refractivity (Wildman–Crippen MR) is 62.1 cm³/mol. The summed E-state index contributed by atoms with van der Waals surface area (Å²) in [5.74, 6) is -0.245. The molecule has 106 valence electrons. The van der Waals surface area contributed by atoms with Gasteiger partial charge in [-0.3, -0.25) is 4.79 Å². The zero-order chi connectivity index (χ0) is 14.6. The molecule has 0 fully saturated rings. The van der Waals surface area contributed by atoms with Crippen molar-refractivity contribution in [1.29, 1.82) is 0 Å². The molecule has 2 N–H and O–H groups in total. The fraction of sp³-hybridized carbons (Fsp3) is 0.417. The summed E-state index contributed by atoms with van der Waals surface area (Å²) in [5.41, 5.74) is 0.964. The largest absolute Gasteiger partial charge is 0.496 e. The summed E-state index contributed by atoms with van der Waals surface area (Å²) >= 11 is 0. The first kappa shape index (κ1) is 15.3. The summed E-state index contributed by atoms with van der Waals surface area (Å²) in [7, 11) is 1.43. The van der Waals surface area contributed by atoms with Crippen molar-refractivity contribution in [2.24, 2.45) is 0 Å². The van der Waals surface area contributed by atoms with E-state index in [-0.39, 0.29) is 5.56 Å². The van der Waals surface area contributed by atoms with Gasteiger partial charge in [-0.15, -0.1) is 0 Å². The molecule has 0 radical (unpaired) electrons. The third kappa shape index (κ3) is 4.13. The van der Waals surface area contributed by atoms with Gasteiger partial charge in [-0.05, 0) is 24.6 Å². The van der Waals surface area contributed by atoms with Gasteiger partial charge in [0.05, 0.1) is 13.7 Å². The fourth-order valence-corrected chi connectivity index (χ4v) is 1.37. The topological polar surface area (TPSA) is 58.6 Å². The third-order valence-corrected chi connectivity index (χ3v) is 2.50. The molecule has 1 unspecified atom stereocenters. The van der Waals surface area contributed by atoms with E-state index in [4.69, 9.17) is 9.84 Å². The maximum atomic E-state index is 12.1. The number of methoxy groups -OCH3 is 1. The van der Waals surface area contributed by atoms with E-state index >= 15 is 0 Å². The Bertz CT molecular complexity index is 460. The monoisotopic (exact) mass is 277 g/mol. The number of hydrogen-bond donors (Lipinski definition) is 2. The van der Waals surface area contributed by atoms with Gasteiger partial charge in [-0.1, -0.05) is 6.07 Å². The van der Waals surface area contributed by atoms with Gasteiger partial charge in [0, 0.05) is 5.56 Å². The third-order valence-electron chi connectivity index (χ3n) is 2.50. The molecule has 1 rings (SSSR count). The van der Waals surface area contributed by atoms with Crippen molar-refractivity contribution < 1.29 is 27.8 Å². The number of hydrogen-bond acceptors (Lipinski definition) is 3. The molecule has 1 aromatic rings. The van der Waals surface area contributed by atoms with Gasteiger partial charge in [0.1, 0.15) is 5.75 Å². The van der Waals surface area contributed by atoms with Crippen LogP contribution in [-0.2, 0) is 0 Å². The minimum Gasteiger partial charge on any atom is -0.496 e. The molecule has 0 aliphatic carbocycles. The number of amides is 1. The van der Waals surface area contributed by atoms with Crippen LogP contribution >= 0.6 is 0 Å². The van der Waals surface area contributed by atoms with E-state index in [1.165, 1.54) is 19.2 Å². The number of carbonyl (C=O) groups is 1. The van der Waals surface area contributed by atoms with E-state index in [0.29, 0.717) is 5.75 Å². The van der Waals surface area contributed by atoms with Gasteiger partial charge in [0.2, 0.25) is 0 Å².